The molecular weight excluding hydrogens is 428 g/mol. The van der Waals surface area contributed by atoms with Gasteiger partial charge < -0.3 is 8.92 Å². The average Bonchev–Trinajstić information content (AvgIpc) is 2.28. The highest BCUT2D eigenvalue weighted by molar-refractivity contribution is 9.11. The van der Waals surface area contributed by atoms with Gasteiger partial charge in [-0.3, -0.25) is 4.79 Å². The molecule has 5 nitrogen and oxygen atoms in total. The third-order valence-electron chi connectivity index (χ3n) is 3.23. The molecule has 8 heteroatoms. The zero-order valence-corrected chi connectivity index (χ0v) is 15.9. The lowest BCUT2D eigenvalue weighted by molar-refractivity contribution is -0.137. The molecule has 1 heterocycles. The molecule has 0 aromatic heterocycles. The third kappa shape index (κ3) is 3.12. The number of benzene rings is 1. The zero-order chi connectivity index (χ0) is 16.2. The van der Waals surface area contributed by atoms with Crippen molar-refractivity contribution in [1.29, 1.82) is 0 Å². The van der Waals surface area contributed by atoms with Crippen molar-refractivity contribution in [3.63, 3.8) is 0 Å². The summed E-state index contributed by atoms with van der Waals surface area (Å²) in [4.78, 5) is 11.7. The molecular formula is C13H14Br2O5S. The molecule has 1 aromatic carbocycles. The Morgan fingerprint density at radius 2 is 1.81 bits per heavy atom. The molecule has 0 fully saturated rings. The minimum Gasteiger partial charge on any atom is -0.425 e. The van der Waals surface area contributed by atoms with Crippen molar-refractivity contribution >= 4 is 47.9 Å². The maximum Gasteiger partial charge on any atom is 0.312 e. The van der Waals surface area contributed by atoms with Gasteiger partial charge in [0.15, 0.2) is 5.75 Å². The van der Waals surface area contributed by atoms with E-state index in [1.165, 1.54) is 0 Å². The molecule has 0 bridgehead atoms. The molecule has 0 saturated carbocycles. The number of ether oxygens (including phenoxy) is 1. The monoisotopic (exact) mass is 440 g/mol. The van der Waals surface area contributed by atoms with E-state index in [0.717, 1.165) is 6.26 Å². The average molecular weight is 442 g/mol. The minimum atomic E-state index is -3.67. The van der Waals surface area contributed by atoms with Gasteiger partial charge in [-0.25, -0.2) is 0 Å². The Hall–Kier alpha value is -0.600. The van der Waals surface area contributed by atoms with Crippen LogP contribution < -0.4 is 8.92 Å². The SMILES string of the molecule is Cc1c(Br)c2c(c(Br)c1OS(C)(=O)=O)C(C)(C)CC(=O)O2. The molecule has 0 aliphatic carbocycles. The van der Waals surface area contributed by atoms with E-state index < -0.39 is 15.5 Å². The molecule has 1 aliphatic heterocycles. The van der Waals surface area contributed by atoms with Crippen molar-refractivity contribution in [2.45, 2.75) is 32.6 Å². The molecule has 0 N–H and O–H groups in total. The van der Waals surface area contributed by atoms with Gasteiger partial charge in [-0.15, -0.1) is 0 Å². The normalized spacial score (nSPS) is 17.1. The Bertz CT molecular complexity index is 738. The van der Waals surface area contributed by atoms with Gasteiger partial charge in [-0.05, 0) is 38.8 Å². The van der Waals surface area contributed by atoms with E-state index in [-0.39, 0.29) is 18.1 Å². The van der Waals surface area contributed by atoms with Gasteiger partial charge in [0.05, 0.1) is 21.6 Å². The van der Waals surface area contributed by atoms with E-state index in [9.17, 15) is 13.2 Å². The van der Waals surface area contributed by atoms with E-state index >= 15 is 0 Å². The second kappa shape index (κ2) is 5.24. The highest BCUT2D eigenvalue weighted by Gasteiger charge is 2.39. The van der Waals surface area contributed by atoms with Crippen molar-refractivity contribution in [2.75, 3.05) is 6.26 Å². The number of fused-ring (bicyclic) bond motifs is 1. The fourth-order valence-corrected chi connectivity index (χ4v) is 4.48. The molecule has 0 unspecified atom stereocenters. The first-order valence-electron chi connectivity index (χ1n) is 6.06. The topological polar surface area (TPSA) is 69.7 Å². The van der Waals surface area contributed by atoms with Gasteiger partial charge in [0.2, 0.25) is 0 Å². The maximum atomic E-state index is 11.7. The Labute approximate surface area is 140 Å². The van der Waals surface area contributed by atoms with E-state index in [4.69, 9.17) is 8.92 Å². The molecule has 0 atom stereocenters. The molecule has 1 aromatic rings. The lowest BCUT2D eigenvalue weighted by Gasteiger charge is -2.33. The van der Waals surface area contributed by atoms with Crippen LogP contribution in [0.25, 0.3) is 0 Å². The summed E-state index contributed by atoms with van der Waals surface area (Å²) in [6, 6.07) is 0. The van der Waals surface area contributed by atoms with Gasteiger partial charge in [0.25, 0.3) is 0 Å². The number of carbonyl (C=O) groups excluding carboxylic acids is 1. The van der Waals surface area contributed by atoms with Crippen molar-refractivity contribution < 1.29 is 22.1 Å². The van der Waals surface area contributed by atoms with Crippen molar-refractivity contribution in [3.05, 3.63) is 20.1 Å². The first-order chi connectivity index (χ1) is 9.44. The van der Waals surface area contributed by atoms with E-state index in [1.807, 2.05) is 13.8 Å². The molecule has 0 amide bonds. The highest BCUT2D eigenvalue weighted by atomic mass is 79.9. The molecule has 116 valence electrons. The van der Waals surface area contributed by atoms with Crippen LogP contribution in [-0.4, -0.2) is 20.6 Å². The van der Waals surface area contributed by atoms with Crippen LogP contribution in [0.15, 0.2) is 8.95 Å². The molecule has 0 radical (unpaired) electrons. The summed E-state index contributed by atoms with van der Waals surface area (Å²) in [5.41, 5.74) is 0.741. The van der Waals surface area contributed by atoms with Crippen LogP contribution in [-0.2, 0) is 20.3 Å². The molecule has 21 heavy (non-hydrogen) atoms. The Balaban J connectivity index is 2.80. The first-order valence-corrected chi connectivity index (χ1v) is 9.46. The zero-order valence-electron chi connectivity index (χ0n) is 11.9. The van der Waals surface area contributed by atoms with Crippen LogP contribution in [0.3, 0.4) is 0 Å². The quantitative estimate of drug-likeness (QED) is 0.399. The number of carbonyl (C=O) groups is 1. The standard InChI is InChI=1S/C13H14Br2O5S/c1-6-9(14)12-8(13(2,3)5-7(16)19-12)10(15)11(6)20-21(4,17)18/h5H2,1-4H3. The molecule has 1 aliphatic rings. The lowest BCUT2D eigenvalue weighted by Crippen LogP contribution is -2.31. The minimum absolute atomic E-state index is 0.201. The second-order valence-corrected chi connectivity index (χ2v) is 8.77. The summed E-state index contributed by atoms with van der Waals surface area (Å²) in [5, 5.41) is 0. The summed E-state index contributed by atoms with van der Waals surface area (Å²) < 4.78 is 34.3. The van der Waals surface area contributed by atoms with Gasteiger partial charge in [-0.1, -0.05) is 13.8 Å². The lowest BCUT2D eigenvalue weighted by atomic mass is 9.79. The predicted molar refractivity (Wildman–Crippen MR) is 85.3 cm³/mol. The fourth-order valence-electron chi connectivity index (χ4n) is 2.31. The van der Waals surface area contributed by atoms with Crippen LogP contribution in [0.1, 0.15) is 31.4 Å². The highest BCUT2D eigenvalue weighted by Crippen LogP contribution is 2.52. The molecule has 2 rings (SSSR count). The Morgan fingerprint density at radius 3 is 2.33 bits per heavy atom. The first kappa shape index (κ1) is 16.8. The van der Waals surface area contributed by atoms with Gasteiger partial charge in [0.1, 0.15) is 5.75 Å². The van der Waals surface area contributed by atoms with Crippen molar-refractivity contribution in [2.24, 2.45) is 0 Å². The third-order valence-corrected chi connectivity index (χ3v) is 5.41. The number of hydrogen-bond acceptors (Lipinski definition) is 5. The summed E-state index contributed by atoms with van der Waals surface area (Å²) in [6.07, 6.45) is 1.18. The molecule has 0 saturated heterocycles. The Kier molecular flexibility index (Phi) is 4.18. The van der Waals surface area contributed by atoms with Gasteiger partial charge >= 0.3 is 16.1 Å². The van der Waals surface area contributed by atoms with E-state index in [2.05, 4.69) is 31.9 Å². The van der Waals surface area contributed by atoms with Gasteiger partial charge in [-0.2, -0.15) is 8.42 Å². The predicted octanol–water partition coefficient (Wildman–Crippen LogP) is 3.45. The smallest absolute Gasteiger partial charge is 0.312 e. The summed E-state index contributed by atoms with van der Waals surface area (Å²) >= 11 is 6.76. The van der Waals surface area contributed by atoms with E-state index in [0.29, 0.717) is 25.8 Å². The number of halogens is 2. The number of esters is 1. The van der Waals surface area contributed by atoms with Crippen LogP contribution >= 0.6 is 31.9 Å². The summed E-state index contributed by atoms with van der Waals surface area (Å²) in [6.45, 7) is 5.47. The second-order valence-electron chi connectivity index (χ2n) is 5.61. The van der Waals surface area contributed by atoms with Crippen LogP contribution in [0.2, 0.25) is 0 Å². The largest absolute Gasteiger partial charge is 0.425 e. The van der Waals surface area contributed by atoms with Crippen molar-refractivity contribution in [3.8, 4) is 11.5 Å². The maximum absolute atomic E-state index is 11.7. The van der Waals surface area contributed by atoms with Gasteiger partial charge in [0, 0.05) is 16.5 Å². The Morgan fingerprint density at radius 1 is 1.24 bits per heavy atom. The van der Waals surface area contributed by atoms with Crippen LogP contribution in [0.5, 0.6) is 11.5 Å². The van der Waals surface area contributed by atoms with Crippen LogP contribution in [0, 0.1) is 6.92 Å². The van der Waals surface area contributed by atoms with Crippen LogP contribution in [0.4, 0.5) is 0 Å². The summed E-state index contributed by atoms with van der Waals surface area (Å²) in [7, 11) is -3.67. The number of rotatable bonds is 2. The van der Waals surface area contributed by atoms with E-state index in [1.54, 1.807) is 6.92 Å². The van der Waals surface area contributed by atoms with Crippen molar-refractivity contribution in [1.82, 2.24) is 0 Å². The fraction of sp³-hybridized carbons (Fsp3) is 0.462. The summed E-state index contributed by atoms with van der Waals surface area (Å²) in [5.74, 6) is 0.284. The number of hydrogen-bond donors (Lipinski definition) is 0. The molecule has 0 spiro atoms.